The highest BCUT2D eigenvalue weighted by molar-refractivity contribution is 7.46. The number of benzene rings is 1. The number of ether oxygens (including phenoxy) is 1. The Hall–Kier alpha value is -0.940. The normalized spacial score (nSPS) is 11.5. The summed E-state index contributed by atoms with van der Waals surface area (Å²) in [5, 5.41) is 0. The van der Waals surface area contributed by atoms with E-state index in [1.165, 1.54) is 12.1 Å². The zero-order valence-corrected chi connectivity index (χ0v) is 8.78. The van der Waals surface area contributed by atoms with Crippen molar-refractivity contribution in [2.75, 3.05) is 6.79 Å². The fourth-order valence-corrected chi connectivity index (χ4v) is 1.07. The lowest BCUT2D eigenvalue weighted by molar-refractivity contribution is 0.0798. The summed E-state index contributed by atoms with van der Waals surface area (Å²) in [5.41, 5.74) is 0.718. The van der Waals surface area contributed by atoms with Crippen molar-refractivity contribution in [1.82, 2.24) is 0 Å². The highest BCUT2D eigenvalue weighted by atomic mass is 31.2. The summed E-state index contributed by atoms with van der Waals surface area (Å²) >= 11 is 0. The van der Waals surface area contributed by atoms with Crippen LogP contribution in [0.2, 0.25) is 0 Å². The highest BCUT2D eigenvalue weighted by Gasteiger charge is 2.14. The van der Waals surface area contributed by atoms with Crippen LogP contribution >= 0.6 is 7.82 Å². The smallest absolute Gasteiger partial charge is 0.464 e. The van der Waals surface area contributed by atoms with Gasteiger partial charge in [-0.2, -0.15) is 0 Å². The van der Waals surface area contributed by atoms with Crippen molar-refractivity contribution < 1.29 is 28.0 Å². The zero-order valence-electron chi connectivity index (χ0n) is 7.88. The van der Waals surface area contributed by atoms with Gasteiger partial charge in [0.25, 0.3) is 0 Å². The summed E-state index contributed by atoms with van der Waals surface area (Å²) in [6.07, 6.45) is 0. The molecule has 1 aromatic carbocycles. The Balaban J connectivity index is 2.55. The molecule has 0 saturated heterocycles. The minimum Gasteiger partial charge on any atom is -0.464 e. The van der Waals surface area contributed by atoms with Crippen LogP contribution in [0, 0.1) is 12.7 Å². The molecule has 5 nitrogen and oxygen atoms in total. The van der Waals surface area contributed by atoms with Gasteiger partial charge in [0.05, 0.1) is 0 Å². The van der Waals surface area contributed by atoms with Gasteiger partial charge in [0.15, 0.2) is 11.6 Å². The van der Waals surface area contributed by atoms with Crippen LogP contribution in [0.4, 0.5) is 4.39 Å². The molecule has 7 heteroatoms. The number of hydrogen-bond acceptors (Lipinski definition) is 3. The molecule has 0 unspecified atom stereocenters. The van der Waals surface area contributed by atoms with Crippen molar-refractivity contribution >= 4 is 7.82 Å². The Bertz CT molecular complexity index is 389. The Kier molecular flexibility index (Phi) is 3.82. The van der Waals surface area contributed by atoms with Gasteiger partial charge in [-0.15, -0.1) is 0 Å². The van der Waals surface area contributed by atoms with Crippen molar-refractivity contribution in [1.29, 1.82) is 0 Å². The zero-order chi connectivity index (χ0) is 11.5. The summed E-state index contributed by atoms with van der Waals surface area (Å²) < 4.78 is 32.0. The van der Waals surface area contributed by atoms with Crippen molar-refractivity contribution in [3.63, 3.8) is 0 Å². The van der Waals surface area contributed by atoms with E-state index in [9.17, 15) is 8.96 Å². The van der Waals surface area contributed by atoms with E-state index < -0.39 is 20.4 Å². The third kappa shape index (κ3) is 4.40. The summed E-state index contributed by atoms with van der Waals surface area (Å²) in [6.45, 7) is 1.00. The quantitative estimate of drug-likeness (QED) is 0.613. The van der Waals surface area contributed by atoms with Crippen LogP contribution in [-0.2, 0) is 9.09 Å². The number of phosphoric ester groups is 1. The Labute approximate surface area is 85.7 Å². The molecule has 0 aliphatic carbocycles. The highest BCUT2D eigenvalue weighted by Crippen LogP contribution is 2.35. The molecule has 0 spiro atoms. The molecule has 0 saturated carbocycles. The van der Waals surface area contributed by atoms with Gasteiger partial charge >= 0.3 is 7.82 Å². The van der Waals surface area contributed by atoms with Crippen molar-refractivity contribution in [2.24, 2.45) is 0 Å². The predicted molar refractivity (Wildman–Crippen MR) is 49.8 cm³/mol. The summed E-state index contributed by atoms with van der Waals surface area (Å²) in [6, 6.07) is 4.20. The van der Waals surface area contributed by atoms with Crippen LogP contribution in [-0.4, -0.2) is 16.6 Å². The molecular weight excluding hydrogens is 226 g/mol. The lowest BCUT2D eigenvalue weighted by Crippen LogP contribution is -2.02. The van der Waals surface area contributed by atoms with Gasteiger partial charge in [0.1, 0.15) is 0 Å². The van der Waals surface area contributed by atoms with Gasteiger partial charge in [-0.25, -0.2) is 13.5 Å². The minimum absolute atomic E-state index is 0.117. The minimum atomic E-state index is -4.57. The van der Waals surface area contributed by atoms with Crippen LogP contribution in [0.25, 0.3) is 0 Å². The molecule has 84 valence electrons. The van der Waals surface area contributed by atoms with E-state index in [1.54, 1.807) is 13.0 Å². The second-order valence-electron chi connectivity index (χ2n) is 2.82. The van der Waals surface area contributed by atoms with Gasteiger partial charge in [-0.1, -0.05) is 6.07 Å². The van der Waals surface area contributed by atoms with E-state index in [0.29, 0.717) is 0 Å². The fraction of sp³-hybridized carbons (Fsp3) is 0.250. The predicted octanol–water partition coefficient (Wildman–Crippen LogP) is 1.58. The van der Waals surface area contributed by atoms with E-state index in [2.05, 4.69) is 9.26 Å². The maximum Gasteiger partial charge on any atom is 0.472 e. The van der Waals surface area contributed by atoms with E-state index >= 15 is 0 Å². The molecule has 0 bridgehead atoms. The van der Waals surface area contributed by atoms with Crippen LogP contribution in [0.1, 0.15) is 5.56 Å². The third-order valence-corrected chi connectivity index (χ3v) is 1.96. The summed E-state index contributed by atoms with van der Waals surface area (Å²) in [4.78, 5) is 16.6. The second kappa shape index (κ2) is 4.72. The molecular formula is C8H10FO5P. The largest absolute Gasteiger partial charge is 0.472 e. The number of phosphoric acid groups is 1. The molecule has 0 aliphatic rings. The van der Waals surface area contributed by atoms with Crippen molar-refractivity contribution in [3.8, 4) is 5.75 Å². The number of hydrogen-bond donors (Lipinski definition) is 2. The molecule has 0 fully saturated rings. The summed E-state index contributed by atoms with van der Waals surface area (Å²) in [5.74, 6) is -0.724. The first-order valence-electron chi connectivity index (χ1n) is 3.97. The molecule has 0 atom stereocenters. The molecule has 1 aromatic rings. The van der Waals surface area contributed by atoms with Crippen LogP contribution in [0.3, 0.4) is 0 Å². The van der Waals surface area contributed by atoms with Crippen molar-refractivity contribution in [3.05, 3.63) is 29.6 Å². The SMILES string of the molecule is Cc1ccc(OCOP(=O)(O)O)c(F)c1. The van der Waals surface area contributed by atoms with Crippen LogP contribution in [0.5, 0.6) is 5.75 Å². The maximum atomic E-state index is 13.1. The van der Waals surface area contributed by atoms with E-state index in [4.69, 9.17) is 9.79 Å². The monoisotopic (exact) mass is 236 g/mol. The van der Waals surface area contributed by atoms with E-state index in [0.717, 1.165) is 5.56 Å². The second-order valence-corrected chi connectivity index (χ2v) is 4.06. The standard InChI is InChI=1S/C8H10FO5P/c1-6-2-3-8(7(9)4-6)13-5-14-15(10,11)12/h2-4H,5H2,1H3,(H2,10,11,12). The first-order valence-corrected chi connectivity index (χ1v) is 5.50. The topological polar surface area (TPSA) is 76.0 Å². The Morgan fingerprint density at radius 2 is 2.13 bits per heavy atom. The molecule has 0 amide bonds. The average Bonchev–Trinajstić information content (AvgIpc) is 2.07. The third-order valence-electron chi connectivity index (χ3n) is 1.52. The van der Waals surface area contributed by atoms with Gasteiger partial charge in [-0.3, -0.25) is 0 Å². The van der Waals surface area contributed by atoms with Gasteiger partial charge in [0, 0.05) is 0 Å². The lowest BCUT2D eigenvalue weighted by Gasteiger charge is -2.08. The lowest BCUT2D eigenvalue weighted by atomic mass is 10.2. The molecule has 0 radical (unpaired) electrons. The molecule has 2 N–H and O–H groups in total. The first kappa shape index (κ1) is 12.1. The van der Waals surface area contributed by atoms with E-state index in [-0.39, 0.29) is 5.75 Å². The molecule has 0 aliphatic heterocycles. The van der Waals surface area contributed by atoms with Gasteiger partial charge < -0.3 is 14.5 Å². The number of rotatable bonds is 4. The molecule has 0 heterocycles. The number of aryl methyl sites for hydroxylation is 1. The molecule has 0 aromatic heterocycles. The first-order chi connectivity index (χ1) is 6.88. The number of halogens is 1. The van der Waals surface area contributed by atoms with E-state index in [1.807, 2.05) is 0 Å². The molecule has 1 rings (SSSR count). The molecule has 15 heavy (non-hydrogen) atoms. The van der Waals surface area contributed by atoms with Crippen LogP contribution in [0.15, 0.2) is 18.2 Å². The Morgan fingerprint density at radius 1 is 1.47 bits per heavy atom. The maximum absolute atomic E-state index is 13.1. The average molecular weight is 236 g/mol. The van der Waals surface area contributed by atoms with Gasteiger partial charge in [0.2, 0.25) is 6.79 Å². The van der Waals surface area contributed by atoms with Gasteiger partial charge in [-0.05, 0) is 24.6 Å². The summed E-state index contributed by atoms with van der Waals surface area (Å²) in [7, 11) is -4.57. The van der Waals surface area contributed by atoms with Crippen molar-refractivity contribution in [2.45, 2.75) is 6.92 Å². The fourth-order valence-electron chi connectivity index (χ4n) is 0.881. The Morgan fingerprint density at radius 3 is 2.67 bits per heavy atom. The van der Waals surface area contributed by atoms with Crippen LogP contribution < -0.4 is 4.74 Å².